The van der Waals surface area contributed by atoms with Crippen LogP contribution < -0.4 is 5.32 Å². The van der Waals surface area contributed by atoms with Crippen molar-refractivity contribution in [3.05, 3.63) is 0 Å². The number of aliphatic carboxylic acids is 1. The number of hydrogen-bond acceptors (Lipinski definition) is 3. The van der Waals surface area contributed by atoms with Crippen LogP contribution in [-0.4, -0.2) is 34.7 Å². The van der Waals surface area contributed by atoms with Crippen LogP contribution in [0.3, 0.4) is 0 Å². The van der Waals surface area contributed by atoms with Crippen molar-refractivity contribution in [2.75, 3.05) is 6.54 Å². The molecule has 3 N–H and O–H groups in total. The average Bonchev–Trinajstić information content (AvgIpc) is 3.39. The second-order valence-corrected chi connectivity index (χ2v) is 18.9. The Morgan fingerprint density at radius 2 is 1.37 bits per heavy atom. The summed E-state index contributed by atoms with van der Waals surface area (Å²) in [5.41, 5.74) is 0.662. The Bertz CT molecular complexity index is 1090. The van der Waals surface area contributed by atoms with Crippen LogP contribution in [0.2, 0.25) is 0 Å². The first-order valence-corrected chi connectivity index (χ1v) is 19.8. The largest absolute Gasteiger partial charge is 0.481 e. The molecule has 1 amide bonds. The van der Waals surface area contributed by atoms with Gasteiger partial charge in [-0.25, -0.2) is 0 Å². The lowest BCUT2D eigenvalue weighted by molar-refractivity contribution is -0.248. The molecule has 0 saturated heterocycles. The molecule has 5 aliphatic carbocycles. The molecule has 46 heavy (non-hydrogen) atoms. The van der Waals surface area contributed by atoms with Crippen molar-refractivity contribution in [3.8, 4) is 0 Å². The standard InChI is InChI=1S/C41H71NO4/c1-28(2)29-19-24-41(36(46)42-27-15-13-11-9-8-10-12-14-16-34(44)45)26-25-39(6)30(35(29)41)17-18-32-38(5)22-21-33(43)37(3,4)31(38)20-23-40(32,39)7/h28-33,35,43H,8-27H2,1-7H3,(H,42,46)(H,44,45)/t29-,30+,31-,32?,33-,35+,38-,39+,40+,41-/m0/s1. The number of nitrogens with one attached hydrogen (secondary N) is 1. The minimum Gasteiger partial charge on any atom is -0.481 e. The normalized spacial score (nSPS) is 42.9. The van der Waals surface area contributed by atoms with E-state index in [2.05, 4.69) is 53.8 Å². The highest BCUT2D eigenvalue weighted by molar-refractivity contribution is 5.83. The Kier molecular flexibility index (Phi) is 10.7. The van der Waals surface area contributed by atoms with Gasteiger partial charge >= 0.3 is 5.97 Å². The lowest BCUT2D eigenvalue weighted by Crippen LogP contribution is -2.67. The molecule has 5 fully saturated rings. The Labute approximate surface area is 282 Å². The van der Waals surface area contributed by atoms with Crippen LogP contribution in [0.15, 0.2) is 0 Å². The third-order valence-corrected chi connectivity index (χ3v) is 16.4. The fourth-order valence-corrected chi connectivity index (χ4v) is 13.6. The molecule has 0 aromatic carbocycles. The van der Waals surface area contributed by atoms with Gasteiger partial charge in [-0.05, 0) is 134 Å². The number of rotatable bonds is 13. The second kappa shape index (κ2) is 13.7. The van der Waals surface area contributed by atoms with Gasteiger partial charge in [0.2, 0.25) is 5.91 Å². The molecule has 0 aromatic rings. The first kappa shape index (κ1) is 36.2. The summed E-state index contributed by atoms with van der Waals surface area (Å²) in [6, 6.07) is 0. The van der Waals surface area contributed by atoms with Crippen LogP contribution in [0.1, 0.15) is 170 Å². The number of unbranched alkanes of at least 4 members (excludes halogenated alkanes) is 7. The molecular weight excluding hydrogens is 570 g/mol. The van der Waals surface area contributed by atoms with Gasteiger partial charge in [-0.3, -0.25) is 9.59 Å². The van der Waals surface area contributed by atoms with E-state index in [1.807, 2.05) is 0 Å². The number of hydrogen-bond donors (Lipinski definition) is 3. The minimum absolute atomic E-state index is 0.0105. The van der Waals surface area contributed by atoms with Gasteiger partial charge in [0.25, 0.3) is 0 Å². The molecule has 5 heteroatoms. The second-order valence-electron chi connectivity index (χ2n) is 18.9. The van der Waals surface area contributed by atoms with E-state index in [1.54, 1.807) is 0 Å². The maximum atomic E-state index is 14.4. The molecule has 1 unspecified atom stereocenters. The van der Waals surface area contributed by atoms with Crippen molar-refractivity contribution < 1.29 is 19.8 Å². The summed E-state index contributed by atoms with van der Waals surface area (Å²) in [6.07, 6.45) is 20.6. The highest BCUT2D eigenvalue weighted by Crippen LogP contribution is 2.77. The van der Waals surface area contributed by atoms with Crippen LogP contribution in [-0.2, 0) is 9.59 Å². The van der Waals surface area contributed by atoms with Crippen molar-refractivity contribution >= 4 is 11.9 Å². The highest BCUT2D eigenvalue weighted by Gasteiger charge is 2.71. The number of aliphatic hydroxyl groups is 1. The predicted molar refractivity (Wildman–Crippen MR) is 187 cm³/mol. The van der Waals surface area contributed by atoms with Crippen LogP contribution >= 0.6 is 0 Å². The van der Waals surface area contributed by atoms with E-state index in [1.165, 1.54) is 64.2 Å². The Balaban J connectivity index is 1.24. The highest BCUT2D eigenvalue weighted by atomic mass is 16.4. The number of aliphatic hydroxyl groups excluding tert-OH is 1. The number of carbonyl (C=O) groups excluding carboxylic acids is 1. The maximum absolute atomic E-state index is 14.4. The number of fused-ring (bicyclic) bond motifs is 7. The van der Waals surface area contributed by atoms with Gasteiger partial charge in [0.15, 0.2) is 0 Å². The fraction of sp³-hybridized carbons (Fsp3) is 0.951. The molecule has 0 bridgehead atoms. The number of amides is 1. The zero-order valence-electron chi connectivity index (χ0n) is 30.9. The van der Waals surface area contributed by atoms with Crippen LogP contribution in [0.25, 0.3) is 0 Å². The lowest BCUT2D eigenvalue weighted by Gasteiger charge is -2.73. The Hall–Kier alpha value is -1.10. The monoisotopic (exact) mass is 642 g/mol. The number of carboxylic acid groups (broad SMARTS) is 1. The summed E-state index contributed by atoms with van der Waals surface area (Å²) in [7, 11) is 0. The van der Waals surface area contributed by atoms with Gasteiger partial charge in [0, 0.05) is 13.0 Å². The zero-order chi connectivity index (χ0) is 33.5. The minimum atomic E-state index is -0.684. The van der Waals surface area contributed by atoms with E-state index in [0.717, 1.165) is 57.9 Å². The summed E-state index contributed by atoms with van der Waals surface area (Å²) in [6.45, 7) is 18.3. The van der Waals surface area contributed by atoms with Crippen molar-refractivity contribution in [1.29, 1.82) is 0 Å². The van der Waals surface area contributed by atoms with Gasteiger partial charge in [-0.15, -0.1) is 0 Å². The summed E-state index contributed by atoms with van der Waals surface area (Å²) < 4.78 is 0. The van der Waals surface area contributed by atoms with E-state index in [9.17, 15) is 14.7 Å². The molecule has 0 aliphatic heterocycles. The molecule has 5 rings (SSSR count). The lowest BCUT2D eigenvalue weighted by atomic mass is 9.32. The van der Waals surface area contributed by atoms with Gasteiger partial charge < -0.3 is 15.5 Å². The zero-order valence-corrected chi connectivity index (χ0v) is 30.9. The van der Waals surface area contributed by atoms with Gasteiger partial charge in [0.05, 0.1) is 11.5 Å². The van der Waals surface area contributed by atoms with Crippen LogP contribution in [0, 0.1) is 62.6 Å². The molecule has 5 aliphatic rings. The molecule has 5 saturated carbocycles. The summed E-state index contributed by atoms with van der Waals surface area (Å²) >= 11 is 0. The first-order valence-electron chi connectivity index (χ1n) is 19.8. The van der Waals surface area contributed by atoms with Crippen molar-refractivity contribution in [2.45, 2.75) is 177 Å². The summed E-state index contributed by atoms with van der Waals surface area (Å²) in [5.74, 6) is 3.38. The smallest absolute Gasteiger partial charge is 0.303 e. The van der Waals surface area contributed by atoms with Crippen molar-refractivity contribution in [1.82, 2.24) is 5.32 Å². The summed E-state index contributed by atoms with van der Waals surface area (Å²) in [5, 5.41) is 23.4. The molecule has 5 nitrogen and oxygen atoms in total. The molecule has 0 aromatic heterocycles. The molecule has 0 heterocycles. The SMILES string of the molecule is CC(C)[C@@H]1CC[C@]2(C(=O)NCCCCCCCCCCC(=O)O)CC[C@]3(C)[C@H](CCC4[C@@]5(C)CC[C@H](O)C(C)(C)[C@@H]5CC[C@]43C)[C@@H]12. The Morgan fingerprint density at radius 3 is 2.02 bits per heavy atom. The third kappa shape index (κ3) is 6.01. The molecule has 264 valence electrons. The van der Waals surface area contributed by atoms with E-state index >= 15 is 0 Å². The Morgan fingerprint density at radius 1 is 0.717 bits per heavy atom. The maximum Gasteiger partial charge on any atom is 0.303 e. The van der Waals surface area contributed by atoms with E-state index in [0.29, 0.717) is 58.7 Å². The van der Waals surface area contributed by atoms with Crippen LogP contribution in [0.4, 0.5) is 0 Å². The van der Waals surface area contributed by atoms with Gasteiger partial charge in [-0.2, -0.15) is 0 Å². The fourth-order valence-electron chi connectivity index (χ4n) is 13.6. The predicted octanol–water partition coefficient (Wildman–Crippen LogP) is 9.80. The first-order chi connectivity index (χ1) is 21.6. The van der Waals surface area contributed by atoms with Gasteiger partial charge in [-0.1, -0.05) is 87.0 Å². The average molecular weight is 642 g/mol. The topological polar surface area (TPSA) is 86.6 Å². The van der Waals surface area contributed by atoms with E-state index in [4.69, 9.17) is 5.11 Å². The van der Waals surface area contributed by atoms with Crippen molar-refractivity contribution in [2.24, 2.45) is 62.6 Å². The molecule has 10 atom stereocenters. The third-order valence-electron chi connectivity index (χ3n) is 16.4. The number of carboxylic acids is 1. The molecular formula is C41H71NO4. The molecule has 0 radical (unpaired) electrons. The summed E-state index contributed by atoms with van der Waals surface area (Å²) in [4.78, 5) is 25.0. The number of carbonyl (C=O) groups is 2. The van der Waals surface area contributed by atoms with E-state index in [-0.39, 0.29) is 22.3 Å². The van der Waals surface area contributed by atoms with Crippen LogP contribution in [0.5, 0.6) is 0 Å². The van der Waals surface area contributed by atoms with E-state index < -0.39 is 5.97 Å². The quantitative estimate of drug-likeness (QED) is 0.175. The van der Waals surface area contributed by atoms with Gasteiger partial charge in [0.1, 0.15) is 0 Å². The molecule has 0 spiro atoms. The van der Waals surface area contributed by atoms with Crippen molar-refractivity contribution in [3.63, 3.8) is 0 Å².